The van der Waals surface area contributed by atoms with Gasteiger partial charge in [-0.05, 0) is 20.8 Å². The van der Waals surface area contributed by atoms with Crippen LogP contribution < -0.4 is 15.3 Å². The summed E-state index contributed by atoms with van der Waals surface area (Å²) >= 11 is 0. The Bertz CT molecular complexity index is 118. The molecule has 0 fully saturated rings. The van der Waals surface area contributed by atoms with E-state index in [1.807, 2.05) is 0 Å². The molecule has 0 aliphatic carbocycles. The second-order valence-electron chi connectivity index (χ2n) is 1.47. The van der Waals surface area contributed by atoms with E-state index in [-0.39, 0.29) is 41.4 Å². The first-order valence-electron chi connectivity index (χ1n) is 2.72. The van der Waals surface area contributed by atoms with Crippen LogP contribution >= 0.6 is 0 Å². The van der Waals surface area contributed by atoms with Crippen LogP contribution in [0, 0.1) is 0 Å². The van der Waals surface area contributed by atoms with E-state index in [1.165, 1.54) is 0 Å². The molecule has 0 atom stereocenters. The van der Waals surface area contributed by atoms with Crippen molar-refractivity contribution < 1.29 is 71.1 Å². The first-order valence-corrected chi connectivity index (χ1v) is 2.72. The van der Waals surface area contributed by atoms with Crippen LogP contribution in [-0.4, -0.2) is 39.8 Å². The van der Waals surface area contributed by atoms with E-state index >= 15 is 0 Å². The monoisotopic (exact) mass is 351 g/mol. The van der Waals surface area contributed by atoms with Crippen molar-refractivity contribution in [3.63, 3.8) is 0 Å². The van der Waals surface area contributed by atoms with Crippen molar-refractivity contribution >= 4 is 17.9 Å². The SMILES string of the molecule is CC(=O)[O-].CC(=O)[O-].CC(=O)[O-].O.O.O.O.[Ru+3]. The number of hydrogen-bond donors (Lipinski definition) is 0. The summed E-state index contributed by atoms with van der Waals surface area (Å²) in [6, 6.07) is 0. The van der Waals surface area contributed by atoms with E-state index in [1.54, 1.807) is 0 Å². The fourth-order valence-electron chi connectivity index (χ4n) is 0. The third-order valence-electron chi connectivity index (χ3n) is 0. The smallest absolute Gasteiger partial charge is 0.550 e. The zero-order valence-corrected chi connectivity index (χ0v) is 11.0. The van der Waals surface area contributed by atoms with E-state index in [2.05, 4.69) is 0 Å². The van der Waals surface area contributed by atoms with E-state index in [0.717, 1.165) is 20.8 Å². The summed E-state index contributed by atoms with van der Waals surface area (Å²) in [5.41, 5.74) is 0. The molecule has 0 saturated carbocycles. The maximum Gasteiger partial charge on any atom is 3.00 e. The minimum atomic E-state index is -1.08. The van der Waals surface area contributed by atoms with Crippen molar-refractivity contribution in [2.45, 2.75) is 20.8 Å². The molecule has 0 rings (SSSR count). The van der Waals surface area contributed by atoms with Crippen LogP contribution in [0.3, 0.4) is 0 Å². The Balaban J connectivity index is -0.0000000104. The predicted molar refractivity (Wildman–Crippen MR) is 46.5 cm³/mol. The molecule has 0 aliphatic rings. The minimum Gasteiger partial charge on any atom is -0.550 e. The number of carbonyl (C=O) groups excluding carboxylic acids is 3. The Morgan fingerprint density at radius 2 is 0.588 bits per heavy atom. The topological polar surface area (TPSA) is 246 Å². The van der Waals surface area contributed by atoms with Gasteiger partial charge in [0.25, 0.3) is 0 Å². The van der Waals surface area contributed by atoms with Gasteiger partial charge in [0.15, 0.2) is 0 Å². The van der Waals surface area contributed by atoms with Gasteiger partial charge in [-0.25, -0.2) is 0 Å². The van der Waals surface area contributed by atoms with Gasteiger partial charge in [0.1, 0.15) is 0 Å². The second kappa shape index (κ2) is 46.2. The van der Waals surface area contributed by atoms with E-state index < -0.39 is 17.9 Å². The van der Waals surface area contributed by atoms with Crippen LogP contribution in [0.5, 0.6) is 0 Å². The summed E-state index contributed by atoms with van der Waals surface area (Å²) in [5.74, 6) is -3.25. The molecule has 0 aromatic heterocycles. The minimum absolute atomic E-state index is 0. The van der Waals surface area contributed by atoms with Crippen LogP contribution in [0.1, 0.15) is 20.8 Å². The molecule has 10 nitrogen and oxygen atoms in total. The fourth-order valence-corrected chi connectivity index (χ4v) is 0. The first-order chi connectivity index (χ1) is 5.20. The van der Waals surface area contributed by atoms with E-state index in [9.17, 15) is 0 Å². The van der Waals surface area contributed by atoms with Crippen LogP contribution in [0.25, 0.3) is 0 Å². The molecule has 1 radical (unpaired) electrons. The van der Waals surface area contributed by atoms with E-state index in [0.29, 0.717) is 0 Å². The number of hydrogen-bond acceptors (Lipinski definition) is 6. The molecule has 0 heterocycles. The molecule has 0 saturated heterocycles. The standard InChI is InChI=1S/3C2H4O2.4H2O.Ru/c3*1-2(3)4;;;;;/h3*1H3,(H,3,4);4*1H2;/q;;;;;;;+3/p-3. The Morgan fingerprint density at radius 3 is 0.588 bits per heavy atom. The zero-order valence-electron chi connectivity index (χ0n) is 9.30. The van der Waals surface area contributed by atoms with Crippen molar-refractivity contribution in [3.05, 3.63) is 0 Å². The van der Waals surface area contributed by atoms with E-state index in [4.69, 9.17) is 29.7 Å². The molecule has 0 bridgehead atoms. The molecule has 0 amide bonds. The maximum atomic E-state index is 8.89. The molecular formula is C6H17O10Ru. The molecule has 0 spiro atoms. The van der Waals surface area contributed by atoms with Gasteiger partial charge in [0.05, 0.1) is 0 Å². The predicted octanol–water partition coefficient (Wildman–Crippen LogP) is -7.03. The average Bonchev–Trinajstić information content (AvgIpc) is 1.54. The first kappa shape index (κ1) is 56.6. The number of carboxylic acids is 3. The van der Waals surface area contributed by atoms with Gasteiger partial charge in [-0.15, -0.1) is 0 Å². The van der Waals surface area contributed by atoms with Crippen molar-refractivity contribution in [1.82, 2.24) is 0 Å². The van der Waals surface area contributed by atoms with Crippen LogP contribution in [0.2, 0.25) is 0 Å². The number of aliphatic carboxylic acids is 3. The van der Waals surface area contributed by atoms with Crippen LogP contribution in [0.4, 0.5) is 0 Å². The molecular weight excluding hydrogens is 333 g/mol. The average molecular weight is 350 g/mol. The quantitative estimate of drug-likeness (QED) is 0.383. The summed E-state index contributed by atoms with van der Waals surface area (Å²) in [6.07, 6.45) is 0. The summed E-state index contributed by atoms with van der Waals surface area (Å²) in [6.45, 7) is 2.92. The van der Waals surface area contributed by atoms with Gasteiger partial charge in [-0.1, -0.05) is 0 Å². The van der Waals surface area contributed by atoms with Crippen molar-refractivity contribution in [1.29, 1.82) is 0 Å². The fraction of sp³-hybridized carbons (Fsp3) is 0.500. The summed E-state index contributed by atoms with van der Waals surface area (Å²) < 4.78 is 0. The van der Waals surface area contributed by atoms with Gasteiger partial charge < -0.3 is 51.6 Å². The molecule has 109 valence electrons. The Labute approximate surface area is 110 Å². The van der Waals surface area contributed by atoms with Crippen molar-refractivity contribution in [2.75, 3.05) is 0 Å². The summed E-state index contributed by atoms with van der Waals surface area (Å²) in [5, 5.41) is 26.7. The largest absolute Gasteiger partial charge is 3.00 e. The third kappa shape index (κ3) is 1940. The molecule has 11 heteroatoms. The Hall–Kier alpha value is -1.13. The normalized spacial score (nSPS) is 4.41. The summed E-state index contributed by atoms with van der Waals surface area (Å²) in [7, 11) is 0. The van der Waals surface area contributed by atoms with Gasteiger partial charge in [-0.3, -0.25) is 0 Å². The van der Waals surface area contributed by atoms with Gasteiger partial charge in [-0.2, -0.15) is 0 Å². The molecule has 17 heavy (non-hydrogen) atoms. The van der Waals surface area contributed by atoms with Gasteiger partial charge >= 0.3 is 19.5 Å². The second-order valence-corrected chi connectivity index (χ2v) is 1.47. The number of carbonyl (C=O) groups is 3. The maximum absolute atomic E-state index is 8.89. The van der Waals surface area contributed by atoms with Gasteiger partial charge in [0, 0.05) is 17.9 Å². The van der Waals surface area contributed by atoms with Crippen molar-refractivity contribution in [2.24, 2.45) is 0 Å². The Kier molecular flexibility index (Phi) is 154. The van der Waals surface area contributed by atoms with Crippen LogP contribution in [0.15, 0.2) is 0 Å². The van der Waals surface area contributed by atoms with Gasteiger partial charge in [0.2, 0.25) is 0 Å². The number of carboxylic acid groups (broad SMARTS) is 3. The molecule has 0 aliphatic heterocycles. The Morgan fingerprint density at radius 1 is 0.588 bits per heavy atom. The molecule has 0 aromatic rings. The zero-order chi connectivity index (χ0) is 10.7. The van der Waals surface area contributed by atoms with Crippen LogP contribution in [-0.2, 0) is 33.9 Å². The summed E-state index contributed by atoms with van der Waals surface area (Å²) in [4.78, 5) is 26.7. The molecule has 0 unspecified atom stereocenters. The third-order valence-corrected chi connectivity index (χ3v) is 0. The molecule has 0 aromatic carbocycles. The van der Waals surface area contributed by atoms with Crippen molar-refractivity contribution in [3.8, 4) is 0 Å². The number of rotatable bonds is 0. The molecule has 8 N–H and O–H groups in total.